The van der Waals surface area contributed by atoms with Crippen molar-refractivity contribution in [2.45, 2.75) is 26.1 Å². The molecule has 2 unspecified atom stereocenters. The maximum atomic E-state index is 12.5. The van der Waals surface area contributed by atoms with Crippen molar-refractivity contribution < 1.29 is 14.3 Å². The Morgan fingerprint density at radius 1 is 1.14 bits per heavy atom. The standard InChI is InChI=1S/C17H16INO3/c1-10-7-8-12(9-13(10)18)19-17(20)16-11(2)21-14-5-3-4-6-15(14)22-16/h3-9,11,16H,1-2H3,(H,19,20). The van der Waals surface area contributed by atoms with Crippen molar-refractivity contribution in [1.82, 2.24) is 0 Å². The van der Waals surface area contributed by atoms with Gasteiger partial charge in [0.25, 0.3) is 5.91 Å². The first-order chi connectivity index (χ1) is 10.5. The number of hydrogen-bond donors (Lipinski definition) is 1. The molecule has 0 saturated heterocycles. The zero-order valence-corrected chi connectivity index (χ0v) is 14.5. The molecule has 3 rings (SSSR count). The fourth-order valence-electron chi connectivity index (χ4n) is 2.29. The lowest BCUT2D eigenvalue weighted by molar-refractivity contribution is -0.128. The van der Waals surface area contributed by atoms with Gasteiger partial charge < -0.3 is 14.8 Å². The van der Waals surface area contributed by atoms with E-state index in [0.29, 0.717) is 11.5 Å². The van der Waals surface area contributed by atoms with Gasteiger partial charge in [0.2, 0.25) is 6.10 Å². The number of rotatable bonds is 2. The van der Waals surface area contributed by atoms with Crippen molar-refractivity contribution in [3.8, 4) is 11.5 Å². The number of fused-ring (bicyclic) bond motifs is 1. The van der Waals surface area contributed by atoms with E-state index in [2.05, 4.69) is 27.9 Å². The highest BCUT2D eigenvalue weighted by Crippen LogP contribution is 2.33. The van der Waals surface area contributed by atoms with E-state index >= 15 is 0 Å². The molecule has 0 fully saturated rings. The summed E-state index contributed by atoms with van der Waals surface area (Å²) in [5.74, 6) is 1.06. The third kappa shape index (κ3) is 3.04. The fourth-order valence-corrected chi connectivity index (χ4v) is 2.81. The molecular formula is C17H16INO3. The van der Waals surface area contributed by atoms with Crippen LogP contribution in [0.3, 0.4) is 0 Å². The molecule has 0 spiro atoms. The average Bonchev–Trinajstić information content (AvgIpc) is 2.50. The number of hydrogen-bond acceptors (Lipinski definition) is 3. The highest BCUT2D eigenvalue weighted by molar-refractivity contribution is 14.1. The molecule has 0 saturated carbocycles. The molecule has 114 valence electrons. The Balaban J connectivity index is 1.76. The summed E-state index contributed by atoms with van der Waals surface area (Å²) in [6.07, 6.45) is -1.02. The molecule has 4 nitrogen and oxygen atoms in total. The second kappa shape index (κ2) is 6.16. The lowest BCUT2D eigenvalue weighted by atomic mass is 10.1. The van der Waals surface area contributed by atoms with E-state index in [9.17, 15) is 4.79 Å². The van der Waals surface area contributed by atoms with Crippen LogP contribution in [0.25, 0.3) is 0 Å². The third-order valence-corrected chi connectivity index (χ3v) is 4.70. The molecule has 1 aliphatic rings. The van der Waals surface area contributed by atoms with Crippen LogP contribution in [0.15, 0.2) is 42.5 Å². The fraction of sp³-hybridized carbons (Fsp3) is 0.235. The first kappa shape index (κ1) is 15.1. The van der Waals surface area contributed by atoms with Gasteiger partial charge >= 0.3 is 0 Å². The summed E-state index contributed by atoms with van der Waals surface area (Å²) in [4.78, 5) is 12.5. The lowest BCUT2D eigenvalue weighted by Gasteiger charge is -2.31. The van der Waals surface area contributed by atoms with E-state index in [1.807, 2.05) is 50.2 Å². The van der Waals surface area contributed by atoms with Gasteiger partial charge in [0.15, 0.2) is 11.5 Å². The van der Waals surface area contributed by atoms with Crippen LogP contribution >= 0.6 is 22.6 Å². The summed E-state index contributed by atoms with van der Waals surface area (Å²) in [6.45, 7) is 3.86. The molecule has 22 heavy (non-hydrogen) atoms. The molecule has 1 heterocycles. The van der Waals surface area contributed by atoms with Gasteiger partial charge in [0.05, 0.1) is 0 Å². The number of anilines is 1. The molecule has 5 heteroatoms. The summed E-state index contributed by atoms with van der Waals surface area (Å²) in [5.41, 5.74) is 1.94. The minimum atomic E-state index is -0.672. The van der Waals surface area contributed by atoms with Crippen molar-refractivity contribution in [3.63, 3.8) is 0 Å². The average molecular weight is 409 g/mol. The van der Waals surface area contributed by atoms with Crippen molar-refractivity contribution in [3.05, 3.63) is 51.6 Å². The quantitative estimate of drug-likeness (QED) is 0.769. The molecule has 0 bridgehead atoms. The molecular weight excluding hydrogens is 393 g/mol. The number of nitrogens with one attached hydrogen (secondary N) is 1. The van der Waals surface area contributed by atoms with Gasteiger partial charge in [0, 0.05) is 9.26 Å². The molecule has 2 aromatic rings. The highest BCUT2D eigenvalue weighted by atomic mass is 127. The molecule has 2 aromatic carbocycles. The third-order valence-electron chi connectivity index (χ3n) is 3.54. The van der Waals surface area contributed by atoms with E-state index in [1.165, 1.54) is 5.56 Å². The highest BCUT2D eigenvalue weighted by Gasteiger charge is 2.34. The summed E-state index contributed by atoms with van der Waals surface area (Å²) >= 11 is 2.25. The van der Waals surface area contributed by atoms with Crippen molar-refractivity contribution >= 4 is 34.2 Å². The summed E-state index contributed by atoms with van der Waals surface area (Å²) in [5, 5.41) is 2.89. The van der Waals surface area contributed by atoms with E-state index in [4.69, 9.17) is 9.47 Å². The number of ether oxygens (including phenoxy) is 2. The Hall–Kier alpha value is -1.76. The van der Waals surface area contributed by atoms with Crippen LogP contribution in [0.1, 0.15) is 12.5 Å². The van der Waals surface area contributed by atoms with Crippen LogP contribution in [-0.4, -0.2) is 18.1 Å². The van der Waals surface area contributed by atoms with Gasteiger partial charge in [-0.15, -0.1) is 0 Å². The van der Waals surface area contributed by atoms with Gasteiger partial charge in [-0.1, -0.05) is 18.2 Å². The van der Waals surface area contributed by atoms with E-state index in [-0.39, 0.29) is 12.0 Å². The molecule has 1 N–H and O–H groups in total. The number of para-hydroxylation sites is 2. The van der Waals surface area contributed by atoms with Crippen molar-refractivity contribution in [2.24, 2.45) is 0 Å². The first-order valence-electron chi connectivity index (χ1n) is 7.04. The van der Waals surface area contributed by atoms with Gasteiger partial charge in [-0.2, -0.15) is 0 Å². The number of carbonyl (C=O) groups is 1. The van der Waals surface area contributed by atoms with Crippen LogP contribution < -0.4 is 14.8 Å². The predicted octanol–water partition coefficient (Wildman–Crippen LogP) is 3.77. The molecule has 1 aliphatic heterocycles. The second-order valence-electron chi connectivity index (χ2n) is 5.26. The zero-order chi connectivity index (χ0) is 15.7. The van der Waals surface area contributed by atoms with Crippen LogP contribution in [-0.2, 0) is 4.79 Å². The number of carbonyl (C=O) groups excluding carboxylic acids is 1. The normalized spacial score (nSPS) is 19.6. The Morgan fingerprint density at radius 2 is 1.82 bits per heavy atom. The Kier molecular flexibility index (Phi) is 4.24. The second-order valence-corrected chi connectivity index (χ2v) is 6.42. The zero-order valence-electron chi connectivity index (χ0n) is 12.3. The predicted molar refractivity (Wildman–Crippen MR) is 93.5 cm³/mol. The Labute approximate surface area is 143 Å². The van der Waals surface area contributed by atoms with Crippen LogP contribution in [0.5, 0.6) is 11.5 Å². The van der Waals surface area contributed by atoms with Crippen LogP contribution in [0.4, 0.5) is 5.69 Å². The van der Waals surface area contributed by atoms with Gasteiger partial charge in [0.1, 0.15) is 6.10 Å². The summed E-state index contributed by atoms with van der Waals surface area (Å²) in [7, 11) is 0. The molecule has 0 radical (unpaired) electrons. The number of halogens is 1. The van der Waals surface area contributed by atoms with Crippen molar-refractivity contribution in [1.29, 1.82) is 0 Å². The maximum Gasteiger partial charge on any atom is 0.269 e. The largest absolute Gasteiger partial charge is 0.482 e. The van der Waals surface area contributed by atoms with Gasteiger partial charge in [-0.25, -0.2) is 0 Å². The van der Waals surface area contributed by atoms with Gasteiger partial charge in [-0.3, -0.25) is 4.79 Å². The van der Waals surface area contributed by atoms with Gasteiger partial charge in [-0.05, 0) is 66.3 Å². The van der Waals surface area contributed by atoms with Crippen LogP contribution in [0, 0.1) is 10.5 Å². The monoisotopic (exact) mass is 409 g/mol. The number of benzene rings is 2. The van der Waals surface area contributed by atoms with Crippen molar-refractivity contribution in [2.75, 3.05) is 5.32 Å². The SMILES string of the molecule is Cc1ccc(NC(=O)C2Oc3ccccc3OC2C)cc1I. The van der Waals surface area contributed by atoms with E-state index in [0.717, 1.165) is 9.26 Å². The van der Waals surface area contributed by atoms with Crippen LogP contribution in [0.2, 0.25) is 0 Å². The number of amides is 1. The Bertz CT molecular complexity index is 717. The lowest BCUT2D eigenvalue weighted by Crippen LogP contribution is -2.46. The van der Waals surface area contributed by atoms with E-state index < -0.39 is 6.10 Å². The minimum absolute atomic E-state index is 0.207. The summed E-state index contributed by atoms with van der Waals surface area (Å²) in [6, 6.07) is 13.2. The molecule has 0 aromatic heterocycles. The maximum absolute atomic E-state index is 12.5. The number of aryl methyl sites for hydroxylation is 1. The topological polar surface area (TPSA) is 47.6 Å². The smallest absolute Gasteiger partial charge is 0.269 e. The summed E-state index contributed by atoms with van der Waals surface area (Å²) < 4.78 is 12.7. The minimum Gasteiger partial charge on any atom is -0.482 e. The molecule has 1 amide bonds. The Morgan fingerprint density at radius 3 is 2.50 bits per heavy atom. The molecule has 0 aliphatic carbocycles. The first-order valence-corrected chi connectivity index (χ1v) is 8.12. The van der Waals surface area contributed by atoms with E-state index in [1.54, 1.807) is 6.07 Å². The molecule has 2 atom stereocenters.